The van der Waals surface area contributed by atoms with E-state index in [1.807, 2.05) is 6.07 Å². The van der Waals surface area contributed by atoms with Crippen LogP contribution in [0.25, 0.3) is 0 Å². The maximum atomic E-state index is 12.4. The first-order valence-electron chi connectivity index (χ1n) is 8.09. The van der Waals surface area contributed by atoms with E-state index >= 15 is 0 Å². The molecule has 2 aromatic carbocycles. The minimum Gasteiger partial charge on any atom is -0.490 e. The van der Waals surface area contributed by atoms with Crippen LogP contribution in [0.4, 0.5) is 13.2 Å². The van der Waals surface area contributed by atoms with Crippen molar-refractivity contribution in [3.63, 3.8) is 0 Å². The summed E-state index contributed by atoms with van der Waals surface area (Å²) in [4.78, 5) is 11.9. The highest BCUT2D eigenvalue weighted by atomic mass is 19.4. The van der Waals surface area contributed by atoms with Crippen molar-refractivity contribution in [1.29, 1.82) is 0 Å². The molecule has 4 nitrogen and oxygen atoms in total. The van der Waals surface area contributed by atoms with Gasteiger partial charge in [-0.3, -0.25) is 0 Å². The summed E-state index contributed by atoms with van der Waals surface area (Å²) in [6.07, 6.45) is -4.26. The van der Waals surface area contributed by atoms with Crippen LogP contribution in [0.5, 0.6) is 11.5 Å². The zero-order valence-corrected chi connectivity index (χ0v) is 14.0. The lowest BCUT2D eigenvalue weighted by Crippen LogP contribution is -2.40. The van der Waals surface area contributed by atoms with Crippen molar-refractivity contribution in [1.82, 2.24) is 0 Å². The second kappa shape index (κ2) is 7.27. The number of esters is 1. The molecular weight excluding hydrogens is 349 g/mol. The number of hydrogen-bond donors (Lipinski definition) is 0. The zero-order chi connectivity index (χ0) is 18.7. The Balaban J connectivity index is 1.51. The molecule has 0 heterocycles. The number of halogens is 3. The molecule has 2 aromatic rings. The van der Waals surface area contributed by atoms with Gasteiger partial charge in [0, 0.05) is 18.9 Å². The number of alkyl halides is 3. The summed E-state index contributed by atoms with van der Waals surface area (Å²) in [6, 6.07) is 13.0. The molecule has 0 unspecified atom stereocenters. The van der Waals surface area contributed by atoms with E-state index in [-0.39, 0.29) is 23.7 Å². The Kier molecular flexibility index (Phi) is 5.06. The fraction of sp³-hybridized carbons (Fsp3) is 0.316. The molecule has 7 heteroatoms. The van der Waals surface area contributed by atoms with Crippen LogP contribution >= 0.6 is 0 Å². The molecule has 3 rings (SSSR count). The number of ether oxygens (including phenoxy) is 3. The van der Waals surface area contributed by atoms with Gasteiger partial charge in [-0.05, 0) is 30.7 Å². The maximum absolute atomic E-state index is 12.4. The summed E-state index contributed by atoms with van der Waals surface area (Å²) in [5, 5.41) is 0. The third-order valence-electron chi connectivity index (χ3n) is 4.02. The van der Waals surface area contributed by atoms with E-state index < -0.39 is 12.3 Å². The van der Waals surface area contributed by atoms with Gasteiger partial charge in [0.25, 0.3) is 0 Å². The van der Waals surface area contributed by atoms with Crippen molar-refractivity contribution in [3.05, 3.63) is 59.7 Å². The summed E-state index contributed by atoms with van der Waals surface area (Å²) in [5.41, 5.74) is 0.835. The van der Waals surface area contributed by atoms with Crippen molar-refractivity contribution in [2.75, 3.05) is 0 Å². The standard InChI is InChI=1S/C19H17F3O4/c1-12-7-8-14(11-17(12)26-19(20,21)22)24-15-9-16(10-15)25-18(23)13-5-3-2-4-6-13/h2-8,11,15-16H,9-10H2,1H3/t15-,16+. The van der Waals surface area contributed by atoms with E-state index in [4.69, 9.17) is 9.47 Å². The molecule has 0 radical (unpaired) electrons. The first-order valence-corrected chi connectivity index (χ1v) is 8.09. The molecule has 26 heavy (non-hydrogen) atoms. The summed E-state index contributed by atoms with van der Waals surface area (Å²) < 4.78 is 52.2. The van der Waals surface area contributed by atoms with Crippen LogP contribution in [0.1, 0.15) is 28.8 Å². The maximum Gasteiger partial charge on any atom is 0.573 e. The Labute approximate surface area is 148 Å². The molecule has 0 spiro atoms. The molecule has 138 valence electrons. The average Bonchev–Trinajstić information content (AvgIpc) is 2.55. The molecule has 0 aliphatic heterocycles. The van der Waals surface area contributed by atoms with Crippen LogP contribution in [0.3, 0.4) is 0 Å². The van der Waals surface area contributed by atoms with E-state index in [0.717, 1.165) is 0 Å². The Bertz CT molecular complexity index is 768. The van der Waals surface area contributed by atoms with Crippen LogP contribution in [-0.4, -0.2) is 24.5 Å². The Morgan fingerprint density at radius 3 is 2.38 bits per heavy atom. The second-order valence-electron chi connectivity index (χ2n) is 6.08. The predicted molar refractivity (Wildman–Crippen MR) is 87.2 cm³/mol. The summed E-state index contributed by atoms with van der Waals surface area (Å²) >= 11 is 0. The lowest BCUT2D eigenvalue weighted by molar-refractivity contribution is -0.274. The van der Waals surface area contributed by atoms with Crippen molar-refractivity contribution in [3.8, 4) is 11.5 Å². The number of aryl methyl sites for hydroxylation is 1. The molecule has 0 N–H and O–H groups in total. The molecule has 1 aliphatic carbocycles. The van der Waals surface area contributed by atoms with E-state index in [0.29, 0.717) is 24.0 Å². The van der Waals surface area contributed by atoms with Crippen molar-refractivity contribution >= 4 is 5.97 Å². The van der Waals surface area contributed by atoms with Gasteiger partial charge >= 0.3 is 12.3 Å². The molecule has 0 amide bonds. The second-order valence-corrected chi connectivity index (χ2v) is 6.08. The van der Waals surface area contributed by atoms with Crippen LogP contribution in [-0.2, 0) is 4.74 Å². The molecule has 1 saturated carbocycles. The summed E-state index contributed by atoms with van der Waals surface area (Å²) in [5.74, 6) is -0.403. The zero-order valence-electron chi connectivity index (χ0n) is 14.0. The van der Waals surface area contributed by atoms with Crippen LogP contribution in [0.2, 0.25) is 0 Å². The normalized spacial score (nSPS) is 19.4. The van der Waals surface area contributed by atoms with Gasteiger partial charge in [0.15, 0.2) is 0 Å². The van der Waals surface area contributed by atoms with Gasteiger partial charge in [-0.25, -0.2) is 4.79 Å². The molecular formula is C19H17F3O4. The molecule has 0 bridgehead atoms. The first kappa shape index (κ1) is 18.1. The number of hydrogen-bond acceptors (Lipinski definition) is 4. The lowest BCUT2D eigenvalue weighted by Gasteiger charge is -2.34. The Hall–Kier alpha value is -2.70. The van der Waals surface area contributed by atoms with Crippen molar-refractivity contribution in [2.24, 2.45) is 0 Å². The van der Waals surface area contributed by atoms with Gasteiger partial charge in [0.2, 0.25) is 0 Å². The van der Waals surface area contributed by atoms with Gasteiger partial charge in [-0.2, -0.15) is 0 Å². The third kappa shape index (κ3) is 4.68. The number of rotatable bonds is 5. The third-order valence-corrected chi connectivity index (χ3v) is 4.02. The van der Waals surface area contributed by atoms with Crippen LogP contribution < -0.4 is 9.47 Å². The highest BCUT2D eigenvalue weighted by Crippen LogP contribution is 2.33. The number of benzene rings is 2. The first-order chi connectivity index (χ1) is 12.3. The van der Waals surface area contributed by atoms with E-state index in [1.54, 1.807) is 30.3 Å². The van der Waals surface area contributed by atoms with Crippen LogP contribution in [0, 0.1) is 6.92 Å². The summed E-state index contributed by atoms with van der Waals surface area (Å²) in [6.45, 7) is 1.52. The van der Waals surface area contributed by atoms with E-state index in [9.17, 15) is 18.0 Å². The molecule has 1 aliphatic rings. The Morgan fingerprint density at radius 1 is 1.04 bits per heavy atom. The van der Waals surface area contributed by atoms with E-state index in [1.165, 1.54) is 19.1 Å². The van der Waals surface area contributed by atoms with Gasteiger partial charge < -0.3 is 14.2 Å². The van der Waals surface area contributed by atoms with Gasteiger partial charge in [0.1, 0.15) is 23.7 Å². The van der Waals surface area contributed by atoms with Crippen molar-refractivity contribution in [2.45, 2.75) is 38.3 Å². The predicted octanol–water partition coefficient (Wildman–Crippen LogP) is 4.66. The number of carbonyl (C=O) groups excluding carboxylic acids is 1. The fourth-order valence-corrected chi connectivity index (χ4v) is 2.58. The minimum absolute atomic E-state index is 0.218. The monoisotopic (exact) mass is 366 g/mol. The minimum atomic E-state index is -4.75. The lowest BCUT2D eigenvalue weighted by atomic mass is 9.92. The van der Waals surface area contributed by atoms with Gasteiger partial charge in [-0.1, -0.05) is 24.3 Å². The smallest absolute Gasteiger partial charge is 0.490 e. The molecule has 0 saturated heterocycles. The number of carbonyl (C=O) groups is 1. The van der Waals surface area contributed by atoms with Crippen molar-refractivity contribution < 1.29 is 32.2 Å². The topological polar surface area (TPSA) is 44.8 Å². The molecule has 0 aromatic heterocycles. The molecule has 1 fully saturated rings. The summed E-state index contributed by atoms with van der Waals surface area (Å²) in [7, 11) is 0. The average molecular weight is 366 g/mol. The highest BCUT2D eigenvalue weighted by molar-refractivity contribution is 5.89. The van der Waals surface area contributed by atoms with Gasteiger partial charge in [-0.15, -0.1) is 13.2 Å². The Morgan fingerprint density at radius 2 is 1.73 bits per heavy atom. The van der Waals surface area contributed by atoms with E-state index in [2.05, 4.69) is 4.74 Å². The fourth-order valence-electron chi connectivity index (χ4n) is 2.58. The van der Waals surface area contributed by atoms with Gasteiger partial charge in [0.05, 0.1) is 5.56 Å². The SMILES string of the molecule is Cc1ccc(O[C@H]2C[C@@H](OC(=O)c3ccccc3)C2)cc1OC(F)(F)F. The largest absolute Gasteiger partial charge is 0.573 e. The van der Waals surface area contributed by atoms with Crippen LogP contribution in [0.15, 0.2) is 48.5 Å². The quantitative estimate of drug-likeness (QED) is 0.722. The molecule has 0 atom stereocenters. The highest BCUT2D eigenvalue weighted by Gasteiger charge is 2.35.